The molecule has 0 heterocycles. The van der Waals surface area contributed by atoms with Crippen LogP contribution in [0.2, 0.25) is 0 Å². The number of Topliss-reactive ketones (excluding diaryl/α,β-unsaturated/α-hetero) is 1. The summed E-state index contributed by atoms with van der Waals surface area (Å²) in [4.78, 5) is 10.7. The number of hydrogen-bond donors (Lipinski definition) is 1. The minimum atomic E-state index is 0.0283. The second-order valence-corrected chi connectivity index (χ2v) is 1.83. The average Bonchev–Trinajstić information content (AvgIpc) is 1.89. The van der Waals surface area contributed by atoms with Crippen molar-refractivity contribution in [3.63, 3.8) is 0 Å². The van der Waals surface area contributed by atoms with Gasteiger partial charge < -0.3 is 5.41 Å². The Morgan fingerprint density at radius 1 is 1.50 bits per heavy atom. The first-order valence-electron chi connectivity index (χ1n) is 3.06. The molecule has 0 saturated carbocycles. The maximum atomic E-state index is 10.7. The van der Waals surface area contributed by atoms with Crippen molar-refractivity contribution >= 4 is 12.0 Å². The van der Waals surface area contributed by atoms with Gasteiger partial charge in [0, 0.05) is 11.8 Å². The Hall–Kier alpha value is -1.18. The van der Waals surface area contributed by atoms with Crippen LogP contribution in [0.1, 0.15) is 13.8 Å². The van der Waals surface area contributed by atoms with Crippen molar-refractivity contribution in [3.05, 3.63) is 23.8 Å². The summed E-state index contributed by atoms with van der Waals surface area (Å²) in [6.07, 6.45) is 6.01. The van der Waals surface area contributed by atoms with Crippen LogP contribution in [0.4, 0.5) is 0 Å². The van der Waals surface area contributed by atoms with Crippen LogP contribution in [-0.4, -0.2) is 12.0 Å². The molecule has 0 aliphatic rings. The molecule has 1 N–H and O–H groups in total. The Morgan fingerprint density at radius 2 is 2.10 bits per heavy atom. The van der Waals surface area contributed by atoms with E-state index in [0.29, 0.717) is 5.57 Å². The topological polar surface area (TPSA) is 40.9 Å². The molecule has 0 saturated heterocycles. The lowest BCUT2D eigenvalue weighted by Gasteiger charge is -1.89. The maximum Gasteiger partial charge on any atom is 0.159 e. The zero-order valence-electron chi connectivity index (χ0n) is 6.22. The Bertz CT molecular complexity index is 189. The van der Waals surface area contributed by atoms with E-state index in [1.807, 2.05) is 0 Å². The first-order chi connectivity index (χ1) is 4.72. The summed E-state index contributed by atoms with van der Waals surface area (Å²) in [5, 5.41) is 6.66. The quantitative estimate of drug-likeness (QED) is 0.359. The lowest BCUT2D eigenvalue weighted by atomic mass is 10.1. The predicted molar refractivity (Wildman–Crippen MR) is 42.4 cm³/mol. The van der Waals surface area contributed by atoms with E-state index in [1.54, 1.807) is 19.1 Å². The lowest BCUT2D eigenvalue weighted by Crippen LogP contribution is -1.91. The van der Waals surface area contributed by atoms with E-state index in [0.717, 1.165) is 6.21 Å². The van der Waals surface area contributed by atoms with Crippen LogP contribution in [0.25, 0.3) is 0 Å². The van der Waals surface area contributed by atoms with Gasteiger partial charge >= 0.3 is 0 Å². The Balaban J connectivity index is 4.25. The molecule has 0 aromatic heterocycles. The van der Waals surface area contributed by atoms with Gasteiger partial charge in [0.05, 0.1) is 0 Å². The molecule has 54 valence electrons. The van der Waals surface area contributed by atoms with E-state index in [2.05, 4.69) is 0 Å². The molecule has 10 heavy (non-hydrogen) atoms. The maximum absolute atomic E-state index is 10.7. The summed E-state index contributed by atoms with van der Waals surface area (Å²) in [5.74, 6) is 0.0283. The van der Waals surface area contributed by atoms with Crippen molar-refractivity contribution in [1.29, 1.82) is 5.41 Å². The third-order valence-corrected chi connectivity index (χ3v) is 1.09. The molecule has 0 bridgehead atoms. The van der Waals surface area contributed by atoms with Crippen molar-refractivity contribution in [1.82, 2.24) is 0 Å². The van der Waals surface area contributed by atoms with Gasteiger partial charge in [-0.15, -0.1) is 0 Å². The van der Waals surface area contributed by atoms with Gasteiger partial charge in [0.1, 0.15) is 0 Å². The second kappa shape index (κ2) is 4.68. The minimum Gasteiger partial charge on any atom is -0.309 e. The summed E-state index contributed by atoms with van der Waals surface area (Å²) in [7, 11) is 0. The molecule has 0 amide bonds. The highest BCUT2D eigenvalue weighted by atomic mass is 16.1. The fourth-order valence-electron chi connectivity index (χ4n) is 0.569. The highest BCUT2D eigenvalue weighted by Gasteiger charge is 1.94. The molecule has 0 unspecified atom stereocenters. The molecule has 0 aliphatic heterocycles. The molecule has 0 spiro atoms. The minimum absolute atomic E-state index is 0.0283. The third-order valence-electron chi connectivity index (χ3n) is 1.09. The number of nitrogens with one attached hydrogen (secondary N) is 1. The summed E-state index contributed by atoms with van der Waals surface area (Å²) in [6, 6.07) is 0. The summed E-state index contributed by atoms with van der Waals surface area (Å²) in [5.41, 5.74) is 0.642. The van der Waals surface area contributed by atoms with Crippen LogP contribution in [0.15, 0.2) is 23.8 Å². The molecule has 2 heteroatoms. The highest BCUT2D eigenvalue weighted by Crippen LogP contribution is 1.96. The normalized spacial score (nSPS) is 12.0. The molecular formula is C8H11NO. The van der Waals surface area contributed by atoms with Gasteiger partial charge in [-0.25, -0.2) is 0 Å². The number of carbonyl (C=O) groups excluding carboxylic acids is 1. The van der Waals surface area contributed by atoms with Crippen LogP contribution in [-0.2, 0) is 4.79 Å². The van der Waals surface area contributed by atoms with Gasteiger partial charge in [0.2, 0.25) is 0 Å². The van der Waals surface area contributed by atoms with Gasteiger partial charge in [-0.2, -0.15) is 0 Å². The van der Waals surface area contributed by atoms with E-state index < -0.39 is 0 Å². The molecule has 0 aromatic carbocycles. The van der Waals surface area contributed by atoms with Crippen molar-refractivity contribution in [2.45, 2.75) is 13.8 Å². The smallest absolute Gasteiger partial charge is 0.159 e. The number of hydrogen-bond acceptors (Lipinski definition) is 2. The first kappa shape index (κ1) is 8.82. The number of rotatable bonds is 3. The van der Waals surface area contributed by atoms with Gasteiger partial charge in [-0.3, -0.25) is 4.79 Å². The van der Waals surface area contributed by atoms with Crippen molar-refractivity contribution in [3.8, 4) is 0 Å². The van der Waals surface area contributed by atoms with Crippen LogP contribution in [0, 0.1) is 5.41 Å². The molecule has 0 aromatic rings. The number of ketones is 1. The molecule has 2 nitrogen and oxygen atoms in total. The Labute approximate surface area is 60.8 Å². The van der Waals surface area contributed by atoms with E-state index in [-0.39, 0.29) is 5.78 Å². The van der Waals surface area contributed by atoms with E-state index >= 15 is 0 Å². The molecule has 0 rings (SSSR count). The molecule has 0 aliphatic carbocycles. The molecule has 0 fully saturated rings. The Morgan fingerprint density at radius 3 is 2.40 bits per heavy atom. The molecule has 0 atom stereocenters. The lowest BCUT2D eigenvalue weighted by molar-refractivity contribution is -0.113. The zero-order chi connectivity index (χ0) is 7.98. The summed E-state index contributed by atoms with van der Waals surface area (Å²) < 4.78 is 0. The zero-order valence-corrected chi connectivity index (χ0v) is 6.22. The van der Waals surface area contributed by atoms with E-state index in [9.17, 15) is 4.79 Å². The predicted octanol–water partition coefficient (Wildman–Crippen LogP) is 1.73. The standard InChI is InChI=1S/C8H11NO/c1-3-8(7(2)10)5-4-6-9/h3-6,9H,1-2H3/b5-4-,8-3+,9-6?. The van der Waals surface area contributed by atoms with Gasteiger partial charge in [0.15, 0.2) is 5.78 Å². The molecule has 0 radical (unpaired) electrons. The molecular weight excluding hydrogens is 126 g/mol. The fourth-order valence-corrected chi connectivity index (χ4v) is 0.569. The largest absolute Gasteiger partial charge is 0.309 e. The van der Waals surface area contributed by atoms with E-state index in [4.69, 9.17) is 5.41 Å². The van der Waals surface area contributed by atoms with Crippen molar-refractivity contribution < 1.29 is 4.79 Å². The van der Waals surface area contributed by atoms with Crippen molar-refractivity contribution in [2.24, 2.45) is 0 Å². The van der Waals surface area contributed by atoms with Crippen LogP contribution < -0.4 is 0 Å². The summed E-state index contributed by atoms with van der Waals surface area (Å²) in [6.45, 7) is 3.30. The van der Waals surface area contributed by atoms with Crippen molar-refractivity contribution in [2.75, 3.05) is 0 Å². The van der Waals surface area contributed by atoms with Gasteiger partial charge in [-0.1, -0.05) is 12.2 Å². The first-order valence-corrected chi connectivity index (χ1v) is 3.06. The van der Waals surface area contributed by atoms with E-state index in [1.165, 1.54) is 13.0 Å². The van der Waals surface area contributed by atoms with Crippen LogP contribution in [0.5, 0.6) is 0 Å². The van der Waals surface area contributed by atoms with Gasteiger partial charge in [-0.05, 0) is 19.9 Å². The third kappa shape index (κ3) is 2.97. The summed E-state index contributed by atoms with van der Waals surface area (Å²) >= 11 is 0. The van der Waals surface area contributed by atoms with Crippen LogP contribution >= 0.6 is 0 Å². The highest BCUT2D eigenvalue weighted by molar-refractivity contribution is 5.96. The van der Waals surface area contributed by atoms with Crippen LogP contribution in [0.3, 0.4) is 0 Å². The Kier molecular flexibility index (Phi) is 4.12. The number of allylic oxidation sites excluding steroid dienone is 4. The average molecular weight is 137 g/mol. The SMILES string of the molecule is C/C=C(\C=C/C=N)C(C)=O. The monoisotopic (exact) mass is 137 g/mol. The van der Waals surface area contributed by atoms with Gasteiger partial charge in [0.25, 0.3) is 0 Å². The number of carbonyl (C=O) groups is 1. The fraction of sp³-hybridized carbons (Fsp3) is 0.250. The second-order valence-electron chi connectivity index (χ2n) is 1.83.